The molecular formula is C18H26FN5O. The van der Waals surface area contributed by atoms with Crippen molar-refractivity contribution in [3.63, 3.8) is 0 Å². The van der Waals surface area contributed by atoms with Crippen molar-refractivity contribution in [2.45, 2.75) is 33.4 Å². The third-order valence-corrected chi connectivity index (χ3v) is 3.38. The first-order valence-electron chi connectivity index (χ1n) is 8.50. The summed E-state index contributed by atoms with van der Waals surface area (Å²) in [6, 6.07) is 6.13. The van der Waals surface area contributed by atoms with E-state index >= 15 is 0 Å². The minimum Gasteiger partial charge on any atom is -0.489 e. The summed E-state index contributed by atoms with van der Waals surface area (Å²) in [5, 5.41) is 10.7. The first-order valence-corrected chi connectivity index (χ1v) is 8.50. The van der Waals surface area contributed by atoms with Crippen LogP contribution in [0.25, 0.3) is 0 Å². The Labute approximate surface area is 148 Å². The molecule has 25 heavy (non-hydrogen) atoms. The van der Waals surface area contributed by atoms with Crippen LogP contribution in [0.4, 0.5) is 4.39 Å². The van der Waals surface area contributed by atoms with E-state index in [1.165, 1.54) is 12.1 Å². The molecule has 0 radical (unpaired) electrons. The molecule has 1 unspecified atom stereocenters. The van der Waals surface area contributed by atoms with Gasteiger partial charge >= 0.3 is 0 Å². The van der Waals surface area contributed by atoms with Gasteiger partial charge in [0.05, 0.1) is 19.3 Å². The molecule has 7 heteroatoms. The lowest BCUT2D eigenvalue weighted by Gasteiger charge is -2.15. The Morgan fingerprint density at radius 1 is 1.40 bits per heavy atom. The maximum Gasteiger partial charge on any atom is 0.191 e. The van der Waals surface area contributed by atoms with Gasteiger partial charge in [0.25, 0.3) is 0 Å². The number of aliphatic imine (C=N–C) groups is 1. The highest BCUT2D eigenvalue weighted by Crippen LogP contribution is 2.13. The fourth-order valence-corrected chi connectivity index (χ4v) is 2.25. The molecule has 0 aliphatic heterocycles. The second kappa shape index (κ2) is 9.66. The highest BCUT2D eigenvalue weighted by atomic mass is 19.1. The van der Waals surface area contributed by atoms with Crippen molar-refractivity contribution in [2.75, 3.05) is 19.6 Å². The van der Waals surface area contributed by atoms with E-state index in [-0.39, 0.29) is 11.9 Å². The first-order chi connectivity index (χ1) is 12.1. The molecule has 0 saturated heterocycles. The molecule has 0 aliphatic rings. The van der Waals surface area contributed by atoms with Crippen molar-refractivity contribution in [3.05, 3.63) is 48.0 Å². The molecule has 0 saturated carbocycles. The SMILES string of the molecule is CCNC(=NCC(C)Oc1cccc(F)c1)NCCn1cc(C)cn1. The molecule has 1 atom stereocenters. The number of guanidine groups is 1. The van der Waals surface area contributed by atoms with Crippen molar-refractivity contribution >= 4 is 5.96 Å². The lowest BCUT2D eigenvalue weighted by atomic mass is 10.3. The maximum atomic E-state index is 13.2. The molecule has 1 heterocycles. The highest BCUT2D eigenvalue weighted by molar-refractivity contribution is 5.79. The summed E-state index contributed by atoms with van der Waals surface area (Å²) >= 11 is 0. The number of nitrogens with zero attached hydrogens (tertiary/aromatic N) is 3. The van der Waals surface area contributed by atoms with Crippen LogP contribution in [0, 0.1) is 12.7 Å². The molecule has 136 valence electrons. The van der Waals surface area contributed by atoms with Crippen LogP contribution < -0.4 is 15.4 Å². The van der Waals surface area contributed by atoms with Gasteiger partial charge in [-0.25, -0.2) is 9.38 Å². The Morgan fingerprint density at radius 2 is 2.24 bits per heavy atom. The van der Waals surface area contributed by atoms with Gasteiger partial charge in [0.1, 0.15) is 17.7 Å². The lowest BCUT2D eigenvalue weighted by molar-refractivity contribution is 0.229. The molecule has 0 fully saturated rings. The van der Waals surface area contributed by atoms with Gasteiger partial charge in [-0.15, -0.1) is 0 Å². The Kier molecular flexibility index (Phi) is 7.25. The van der Waals surface area contributed by atoms with Gasteiger partial charge < -0.3 is 15.4 Å². The van der Waals surface area contributed by atoms with Crippen LogP contribution in [0.1, 0.15) is 19.4 Å². The summed E-state index contributed by atoms with van der Waals surface area (Å²) < 4.78 is 20.8. The third kappa shape index (κ3) is 6.82. The quantitative estimate of drug-likeness (QED) is 0.568. The minimum atomic E-state index is -0.308. The van der Waals surface area contributed by atoms with Gasteiger partial charge in [0.15, 0.2) is 5.96 Å². The molecule has 0 amide bonds. The predicted octanol–water partition coefficient (Wildman–Crippen LogP) is 2.35. The second-order valence-electron chi connectivity index (χ2n) is 5.81. The van der Waals surface area contributed by atoms with Gasteiger partial charge in [0, 0.05) is 25.4 Å². The molecule has 2 N–H and O–H groups in total. The van der Waals surface area contributed by atoms with Crippen LogP contribution in [-0.2, 0) is 6.54 Å². The molecule has 0 bridgehead atoms. The number of aromatic nitrogens is 2. The molecule has 1 aromatic heterocycles. The van der Waals surface area contributed by atoms with E-state index in [9.17, 15) is 4.39 Å². The number of rotatable bonds is 8. The molecular weight excluding hydrogens is 321 g/mol. The third-order valence-electron chi connectivity index (χ3n) is 3.38. The number of aryl methyl sites for hydroxylation is 1. The van der Waals surface area contributed by atoms with Crippen LogP contribution in [0.15, 0.2) is 41.7 Å². The van der Waals surface area contributed by atoms with Crippen LogP contribution >= 0.6 is 0 Å². The second-order valence-corrected chi connectivity index (χ2v) is 5.81. The molecule has 0 aliphatic carbocycles. The van der Waals surface area contributed by atoms with Crippen LogP contribution in [-0.4, -0.2) is 41.5 Å². The monoisotopic (exact) mass is 347 g/mol. The van der Waals surface area contributed by atoms with Crippen molar-refractivity contribution < 1.29 is 9.13 Å². The van der Waals surface area contributed by atoms with Gasteiger partial charge in [-0.2, -0.15) is 5.10 Å². The zero-order valence-corrected chi connectivity index (χ0v) is 15.0. The van der Waals surface area contributed by atoms with Gasteiger partial charge in [-0.05, 0) is 38.5 Å². The number of halogens is 1. The van der Waals surface area contributed by atoms with E-state index in [1.807, 2.05) is 37.8 Å². The summed E-state index contributed by atoms with van der Waals surface area (Å²) in [6.45, 7) is 8.64. The normalized spacial score (nSPS) is 12.7. The van der Waals surface area contributed by atoms with Gasteiger partial charge in [0.2, 0.25) is 0 Å². The van der Waals surface area contributed by atoms with Crippen molar-refractivity contribution in [1.82, 2.24) is 20.4 Å². The fourth-order valence-electron chi connectivity index (χ4n) is 2.25. The van der Waals surface area contributed by atoms with Gasteiger partial charge in [-0.1, -0.05) is 6.07 Å². The van der Waals surface area contributed by atoms with Crippen LogP contribution in [0.5, 0.6) is 5.75 Å². The topological polar surface area (TPSA) is 63.5 Å². The molecule has 2 rings (SSSR count). The molecule has 2 aromatic rings. The van der Waals surface area contributed by atoms with Gasteiger partial charge in [-0.3, -0.25) is 4.68 Å². The standard InChI is InChI=1S/C18H26FN5O/c1-4-20-18(21-8-9-24-13-14(2)11-23-24)22-12-15(3)25-17-7-5-6-16(19)10-17/h5-7,10-11,13,15H,4,8-9,12H2,1-3H3,(H2,20,21,22). The summed E-state index contributed by atoms with van der Waals surface area (Å²) in [5.41, 5.74) is 1.14. The van der Waals surface area contributed by atoms with E-state index in [2.05, 4.69) is 20.7 Å². The largest absolute Gasteiger partial charge is 0.489 e. The van der Waals surface area contributed by atoms with Crippen molar-refractivity contribution in [2.24, 2.45) is 4.99 Å². The summed E-state index contributed by atoms with van der Waals surface area (Å²) in [4.78, 5) is 4.51. The molecule has 0 spiro atoms. The summed E-state index contributed by atoms with van der Waals surface area (Å²) in [5.74, 6) is 0.924. The number of hydrogen-bond donors (Lipinski definition) is 2. The van der Waals surface area contributed by atoms with Crippen LogP contribution in [0.2, 0.25) is 0 Å². The highest BCUT2D eigenvalue weighted by Gasteiger charge is 2.05. The fraction of sp³-hybridized carbons (Fsp3) is 0.444. The number of benzene rings is 1. The number of nitrogens with one attached hydrogen (secondary N) is 2. The average Bonchev–Trinajstić information content (AvgIpc) is 2.98. The van der Waals surface area contributed by atoms with Crippen molar-refractivity contribution in [1.29, 1.82) is 0 Å². The van der Waals surface area contributed by atoms with E-state index in [0.717, 1.165) is 24.6 Å². The number of ether oxygens (including phenoxy) is 1. The van der Waals surface area contributed by atoms with E-state index in [0.29, 0.717) is 18.8 Å². The van der Waals surface area contributed by atoms with E-state index < -0.39 is 0 Å². The minimum absolute atomic E-state index is 0.161. The molecule has 6 nitrogen and oxygen atoms in total. The van der Waals surface area contributed by atoms with E-state index in [1.54, 1.807) is 12.1 Å². The lowest BCUT2D eigenvalue weighted by Crippen LogP contribution is -2.39. The summed E-state index contributed by atoms with van der Waals surface area (Å²) in [6.07, 6.45) is 3.68. The Hall–Kier alpha value is -2.57. The predicted molar refractivity (Wildman–Crippen MR) is 97.4 cm³/mol. The van der Waals surface area contributed by atoms with E-state index in [4.69, 9.17) is 4.74 Å². The zero-order valence-electron chi connectivity index (χ0n) is 15.0. The van der Waals surface area contributed by atoms with Crippen molar-refractivity contribution in [3.8, 4) is 5.75 Å². The Balaban J connectivity index is 1.81. The Bertz CT molecular complexity index is 686. The maximum absolute atomic E-state index is 13.2. The summed E-state index contributed by atoms with van der Waals surface area (Å²) in [7, 11) is 0. The Morgan fingerprint density at radius 3 is 2.92 bits per heavy atom. The molecule has 1 aromatic carbocycles. The first kappa shape index (κ1) is 18.8. The van der Waals surface area contributed by atoms with Crippen LogP contribution in [0.3, 0.4) is 0 Å². The average molecular weight is 347 g/mol. The smallest absolute Gasteiger partial charge is 0.191 e. The number of hydrogen-bond acceptors (Lipinski definition) is 3. The zero-order chi connectivity index (χ0) is 18.1.